The Hall–Kier alpha value is -4.79. The second-order valence-corrected chi connectivity index (χ2v) is 16.1. The SMILES string of the molecule is CCCCCCCCOC(=O)CCN(C)C(=O)[C@H](Cc1ccccc1)NC(=O)[C@@H](CCS(C)=O)NC(=O)[C@H](Cc1ccc(OC(=O)OCC(C)C)cc1)N=C(C)N. The Morgan fingerprint density at radius 2 is 1.47 bits per heavy atom. The number of rotatable bonds is 26. The number of amides is 3. The quantitative estimate of drug-likeness (QED) is 0.0387. The summed E-state index contributed by atoms with van der Waals surface area (Å²) in [5.74, 6) is -1.44. The molecular formula is C42H63N5O9S. The standard InChI is InChI=1S/C42H63N5O9S/c1-7-8-9-10-11-15-25-54-38(48)22-24-47(5)41(51)37(28-32-16-13-12-14-17-32)46-39(49)35(23-26-57(6)53)45-40(50)36(44-31(4)43)27-33-18-20-34(21-19-33)56-42(52)55-29-30(2)3/h12-14,16-21,30,35-37H,7-11,15,22-29H2,1-6H3,(H2,43,44)(H,45,50)(H,46,49)/t35-,36+,37+,57?/m1/s1. The Kier molecular flexibility index (Phi) is 22.9. The molecule has 0 saturated heterocycles. The fourth-order valence-electron chi connectivity index (χ4n) is 5.64. The van der Waals surface area contributed by atoms with Crippen molar-refractivity contribution in [3.8, 4) is 5.75 Å². The number of hydrogen-bond acceptors (Lipinski definition) is 10. The van der Waals surface area contributed by atoms with Gasteiger partial charge in [0.2, 0.25) is 17.7 Å². The van der Waals surface area contributed by atoms with Gasteiger partial charge in [-0.25, -0.2) is 4.79 Å². The van der Waals surface area contributed by atoms with Gasteiger partial charge in [0.1, 0.15) is 23.9 Å². The van der Waals surface area contributed by atoms with Gasteiger partial charge in [-0.05, 0) is 48.9 Å². The van der Waals surface area contributed by atoms with Crippen LogP contribution in [0.4, 0.5) is 4.79 Å². The summed E-state index contributed by atoms with van der Waals surface area (Å²) >= 11 is 0. The van der Waals surface area contributed by atoms with Gasteiger partial charge in [0.25, 0.3) is 0 Å². The van der Waals surface area contributed by atoms with Gasteiger partial charge in [-0.15, -0.1) is 0 Å². The number of ether oxygens (including phenoxy) is 3. The molecule has 2 aromatic rings. The van der Waals surface area contributed by atoms with Gasteiger partial charge in [0.05, 0.1) is 25.5 Å². The molecule has 0 aliphatic rings. The molecule has 4 atom stereocenters. The summed E-state index contributed by atoms with van der Waals surface area (Å²) < 4.78 is 27.8. The van der Waals surface area contributed by atoms with Crippen molar-refractivity contribution in [1.29, 1.82) is 0 Å². The molecule has 1 unspecified atom stereocenters. The van der Waals surface area contributed by atoms with E-state index in [4.69, 9.17) is 19.9 Å². The average molecular weight is 814 g/mol. The molecule has 0 radical (unpaired) electrons. The Bertz CT molecular complexity index is 1600. The molecule has 0 heterocycles. The average Bonchev–Trinajstić information content (AvgIpc) is 3.17. The summed E-state index contributed by atoms with van der Waals surface area (Å²) in [6, 6.07) is 12.4. The first-order valence-corrected chi connectivity index (χ1v) is 21.5. The third kappa shape index (κ3) is 20.8. The number of esters is 1. The Morgan fingerprint density at radius 1 is 0.842 bits per heavy atom. The number of nitrogens with one attached hydrogen (secondary N) is 2. The molecule has 2 aromatic carbocycles. The van der Waals surface area contributed by atoms with Crippen LogP contribution in [0.5, 0.6) is 5.75 Å². The van der Waals surface area contributed by atoms with Gasteiger partial charge in [0, 0.05) is 49.2 Å². The van der Waals surface area contributed by atoms with Crippen molar-refractivity contribution in [1.82, 2.24) is 15.5 Å². The van der Waals surface area contributed by atoms with E-state index in [0.717, 1.165) is 31.2 Å². The monoisotopic (exact) mass is 813 g/mol. The van der Waals surface area contributed by atoms with Crippen LogP contribution < -0.4 is 21.1 Å². The zero-order valence-electron chi connectivity index (χ0n) is 34.5. The fourth-order valence-corrected chi connectivity index (χ4v) is 6.21. The topological polar surface area (TPSA) is 196 Å². The number of amidine groups is 1. The van der Waals surface area contributed by atoms with Gasteiger partial charge in [-0.1, -0.05) is 95.3 Å². The fraction of sp³-hybridized carbons (Fsp3) is 0.571. The van der Waals surface area contributed by atoms with Crippen LogP contribution in [-0.4, -0.2) is 102 Å². The lowest BCUT2D eigenvalue weighted by Gasteiger charge is -2.27. The number of aliphatic imine (C=N–C) groups is 1. The molecule has 0 spiro atoms. The van der Waals surface area contributed by atoms with Crippen LogP contribution in [0.2, 0.25) is 0 Å². The maximum Gasteiger partial charge on any atom is 0.513 e. The summed E-state index contributed by atoms with van der Waals surface area (Å²) in [4.78, 5) is 71.7. The summed E-state index contributed by atoms with van der Waals surface area (Å²) in [7, 11) is 0.262. The molecular weight excluding hydrogens is 751 g/mol. The van der Waals surface area contributed by atoms with E-state index in [-0.39, 0.29) is 62.1 Å². The molecule has 0 aliphatic carbocycles. The second kappa shape index (κ2) is 27.0. The van der Waals surface area contributed by atoms with E-state index in [1.165, 1.54) is 30.9 Å². The number of likely N-dealkylation sites (N-methyl/N-ethyl adjacent to an activating group) is 1. The van der Waals surface area contributed by atoms with Crippen molar-refractivity contribution in [3.63, 3.8) is 0 Å². The van der Waals surface area contributed by atoms with Crippen molar-refractivity contribution in [2.75, 3.05) is 38.8 Å². The summed E-state index contributed by atoms with van der Waals surface area (Å²) in [5, 5.41) is 5.57. The predicted molar refractivity (Wildman–Crippen MR) is 222 cm³/mol. The normalized spacial score (nSPS) is 13.5. The highest BCUT2D eigenvalue weighted by molar-refractivity contribution is 7.84. The molecule has 14 nitrogen and oxygen atoms in total. The molecule has 0 bridgehead atoms. The van der Waals surface area contributed by atoms with Gasteiger partial charge in [0.15, 0.2) is 0 Å². The van der Waals surface area contributed by atoms with Gasteiger partial charge in [-0.2, -0.15) is 0 Å². The molecule has 0 saturated carbocycles. The largest absolute Gasteiger partial charge is 0.513 e. The zero-order chi connectivity index (χ0) is 42.2. The number of hydrogen-bond donors (Lipinski definition) is 3. The highest BCUT2D eigenvalue weighted by Crippen LogP contribution is 2.16. The molecule has 0 aliphatic heterocycles. The van der Waals surface area contributed by atoms with Crippen molar-refractivity contribution in [3.05, 3.63) is 65.7 Å². The molecule has 15 heteroatoms. The number of nitrogens with zero attached hydrogens (tertiary/aromatic N) is 2. The van der Waals surface area contributed by atoms with Crippen LogP contribution in [0.15, 0.2) is 59.6 Å². The van der Waals surface area contributed by atoms with Crippen LogP contribution in [-0.2, 0) is 52.3 Å². The Morgan fingerprint density at radius 3 is 2.11 bits per heavy atom. The lowest BCUT2D eigenvalue weighted by Crippen LogP contribution is -2.56. The summed E-state index contributed by atoms with van der Waals surface area (Å²) in [6.07, 6.45) is 7.32. The lowest BCUT2D eigenvalue weighted by atomic mass is 10.0. The summed E-state index contributed by atoms with van der Waals surface area (Å²) in [5.41, 5.74) is 7.36. The number of benzene rings is 2. The molecule has 0 aromatic heterocycles. The van der Waals surface area contributed by atoms with Crippen LogP contribution in [0.3, 0.4) is 0 Å². The van der Waals surface area contributed by atoms with Crippen LogP contribution in [0, 0.1) is 5.92 Å². The maximum absolute atomic E-state index is 13.9. The van der Waals surface area contributed by atoms with E-state index in [2.05, 4.69) is 22.5 Å². The highest BCUT2D eigenvalue weighted by atomic mass is 32.2. The third-order valence-electron chi connectivity index (χ3n) is 8.76. The van der Waals surface area contributed by atoms with Crippen LogP contribution in [0.1, 0.15) is 90.2 Å². The predicted octanol–water partition coefficient (Wildman–Crippen LogP) is 4.88. The number of carbonyl (C=O) groups excluding carboxylic acids is 5. The van der Waals surface area contributed by atoms with Gasteiger partial charge >= 0.3 is 12.1 Å². The minimum Gasteiger partial charge on any atom is -0.466 e. The first kappa shape index (κ1) is 48.4. The first-order chi connectivity index (χ1) is 27.2. The Balaban J connectivity index is 2.17. The van der Waals surface area contributed by atoms with E-state index < -0.39 is 58.8 Å². The van der Waals surface area contributed by atoms with Crippen LogP contribution in [0.25, 0.3) is 0 Å². The first-order valence-electron chi connectivity index (χ1n) is 19.8. The van der Waals surface area contributed by atoms with E-state index >= 15 is 0 Å². The van der Waals surface area contributed by atoms with Crippen molar-refractivity contribution in [2.24, 2.45) is 16.6 Å². The van der Waals surface area contributed by atoms with E-state index in [0.29, 0.717) is 12.2 Å². The van der Waals surface area contributed by atoms with E-state index in [1.54, 1.807) is 31.3 Å². The third-order valence-corrected chi connectivity index (χ3v) is 9.57. The number of carbonyl (C=O) groups is 5. The minimum atomic E-state index is -1.30. The van der Waals surface area contributed by atoms with Crippen LogP contribution >= 0.6 is 0 Å². The van der Waals surface area contributed by atoms with E-state index in [9.17, 15) is 28.2 Å². The Labute approximate surface area is 340 Å². The lowest BCUT2D eigenvalue weighted by molar-refractivity contribution is -0.145. The van der Waals surface area contributed by atoms with E-state index in [1.807, 2.05) is 44.2 Å². The van der Waals surface area contributed by atoms with Gasteiger partial charge in [-0.3, -0.25) is 28.4 Å². The maximum atomic E-state index is 13.9. The minimum absolute atomic E-state index is 0.00582. The second-order valence-electron chi connectivity index (χ2n) is 14.6. The van der Waals surface area contributed by atoms with Crippen molar-refractivity contribution in [2.45, 2.75) is 110 Å². The van der Waals surface area contributed by atoms with Crippen molar-refractivity contribution >= 4 is 46.5 Å². The molecule has 2 rings (SSSR count). The molecule has 57 heavy (non-hydrogen) atoms. The van der Waals surface area contributed by atoms with Gasteiger partial charge < -0.3 is 35.5 Å². The smallest absolute Gasteiger partial charge is 0.466 e. The molecule has 3 amide bonds. The highest BCUT2D eigenvalue weighted by Gasteiger charge is 2.31. The number of nitrogens with two attached hydrogens (primary N) is 1. The molecule has 0 fully saturated rings. The van der Waals surface area contributed by atoms with Crippen molar-refractivity contribution < 1.29 is 42.4 Å². The molecule has 316 valence electrons. The number of unbranched alkanes of at least 4 members (excludes halogenated alkanes) is 5. The summed E-state index contributed by atoms with van der Waals surface area (Å²) in [6.45, 7) is 8.14. The molecule has 4 N–H and O–H groups in total. The zero-order valence-corrected chi connectivity index (χ0v) is 35.3.